The standard InChI is InChI=1S/C6H3N2O6/c9-5-2-3(7(11)12)1-4(6(5)10)8(13)14/h2,9-10H. The molecule has 8 heteroatoms. The fourth-order valence-electron chi connectivity index (χ4n) is 0.766. The largest absolute Gasteiger partial charge is 0.504 e. The first-order valence-corrected chi connectivity index (χ1v) is 3.20. The van der Waals surface area contributed by atoms with Crippen LogP contribution >= 0.6 is 0 Å². The van der Waals surface area contributed by atoms with Crippen molar-refractivity contribution in [1.82, 2.24) is 0 Å². The predicted octanol–water partition coefficient (Wildman–Crippen LogP) is 0.714. The van der Waals surface area contributed by atoms with Gasteiger partial charge in [0.15, 0.2) is 11.8 Å². The SMILES string of the molecule is O=[N+]([O-])c1[c]c([N+](=O)[O-])c(O)c(O)c1. The van der Waals surface area contributed by atoms with Crippen LogP contribution in [-0.2, 0) is 0 Å². The first-order valence-electron chi connectivity index (χ1n) is 3.20. The Labute approximate surface area is 76.3 Å². The van der Waals surface area contributed by atoms with Gasteiger partial charge in [0.25, 0.3) is 5.69 Å². The molecule has 0 aliphatic heterocycles. The lowest BCUT2D eigenvalue weighted by Crippen LogP contribution is -1.93. The number of nitrogens with zero attached hydrogens (tertiary/aromatic N) is 2. The molecule has 0 bridgehead atoms. The van der Waals surface area contributed by atoms with Crippen LogP contribution in [-0.4, -0.2) is 20.1 Å². The van der Waals surface area contributed by atoms with E-state index in [0.29, 0.717) is 6.07 Å². The van der Waals surface area contributed by atoms with Crippen LogP contribution < -0.4 is 0 Å². The summed E-state index contributed by atoms with van der Waals surface area (Å²) < 4.78 is 0. The van der Waals surface area contributed by atoms with Crippen molar-refractivity contribution in [2.75, 3.05) is 0 Å². The number of non-ortho nitro benzene ring substituents is 1. The quantitative estimate of drug-likeness (QED) is 0.410. The number of nitro benzene ring substituents is 2. The third-order valence-electron chi connectivity index (χ3n) is 1.37. The maximum absolute atomic E-state index is 10.2. The molecule has 2 N–H and O–H groups in total. The van der Waals surface area contributed by atoms with E-state index in [-0.39, 0.29) is 0 Å². The normalized spacial score (nSPS) is 9.71. The molecule has 0 saturated heterocycles. The lowest BCUT2D eigenvalue weighted by molar-refractivity contribution is -0.395. The predicted molar refractivity (Wildman–Crippen MR) is 41.9 cm³/mol. The van der Waals surface area contributed by atoms with Crippen LogP contribution in [0.1, 0.15) is 0 Å². The van der Waals surface area contributed by atoms with Crippen LogP contribution in [0.25, 0.3) is 0 Å². The molecular weight excluding hydrogens is 196 g/mol. The highest BCUT2D eigenvalue weighted by Crippen LogP contribution is 2.37. The highest BCUT2D eigenvalue weighted by atomic mass is 16.6. The zero-order valence-electron chi connectivity index (χ0n) is 6.50. The van der Waals surface area contributed by atoms with E-state index in [1.54, 1.807) is 6.07 Å². The van der Waals surface area contributed by atoms with E-state index in [2.05, 4.69) is 0 Å². The van der Waals surface area contributed by atoms with Crippen LogP contribution in [0.5, 0.6) is 11.5 Å². The van der Waals surface area contributed by atoms with Crippen molar-refractivity contribution < 1.29 is 20.1 Å². The van der Waals surface area contributed by atoms with Crippen molar-refractivity contribution in [3.63, 3.8) is 0 Å². The van der Waals surface area contributed by atoms with Gasteiger partial charge in [0, 0.05) is 0 Å². The summed E-state index contributed by atoms with van der Waals surface area (Å²) in [7, 11) is 0. The van der Waals surface area contributed by atoms with Gasteiger partial charge in [-0.3, -0.25) is 20.2 Å². The van der Waals surface area contributed by atoms with Gasteiger partial charge in [-0.15, -0.1) is 0 Å². The van der Waals surface area contributed by atoms with E-state index in [9.17, 15) is 20.2 Å². The van der Waals surface area contributed by atoms with Crippen molar-refractivity contribution in [2.24, 2.45) is 0 Å². The highest BCUT2D eigenvalue weighted by Gasteiger charge is 2.24. The van der Waals surface area contributed by atoms with E-state index in [1.165, 1.54) is 0 Å². The molecule has 0 heterocycles. The van der Waals surface area contributed by atoms with Crippen molar-refractivity contribution in [1.29, 1.82) is 0 Å². The summed E-state index contributed by atoms with van der Waals surface area (Å²) >= 11 is 0. The fraction of sp³-hybridized carbons (Fsp3) is 0. The Morgan fingerprint density at radius 2 is 1.79 bits per heavy atom. The molecule has 0 saturated carbocycles. The summed E-state index contributed by atoms with van der Waals surface area (Å²) in [5, 5.41) is 38.3. The maximum atomic E-state index is 10.2. The summed E-state index contributed by atoms with van der Waals surface area (Å²) in [5.41, 5.74) is -1.82. The van der Waals surface area contributed by atoms with Gasteiger partial charge < -0.3 is 10.2 Å². The maximum Gasteiger partial charge on any atom is 0.329 e. The molecule has 1 rings (SSSR count). The van der Waals surface area contributed by atoms with Crippen LogP contribution in [0.2, 0.25) is 0 Å². The van der Waals surface area contributed by atoms with Gasteiger partial charge in [-0.2, -0.15) is 0 Å². The topological polar surface area (TPSA) is 127 Å². The van der Waals surface area contributed by atoms with Crippen molar-refractivity contribution >= 4 is 11.4 Å². The van der Waals surface area contributed by atoms with E-state index in [0.717, 1.165) is 0 Å². The molecule has 1 aromatic rings. The molecule has 14 heavy (non-hydrogen) atoms. The van der Waals surface area contributed by atoms with Crippen molar-refractivity contribution in [3.05, 3.63) is 32.4 Å². The molecule has 0 amide bonds. The Morgan fingerprint density at radius 1 is 1.21 bits per heavy atom. The van der Waals surface area contributed by atoms with Gasteiger partial charge in [-0.25, -0.2) is 0 Å². The van der Waals surface area contributed by atoms with Gasteiger partial charge in [-0.1, -0.05) is 0 Å². The second-order valence-electron chi connectivity index (χ2n) is 2.25. The Hall–Kier alpha value is -2.38. The summed E-state index contributed by atoms with van der Waals surface area (Å²) in [4.78, 5) is 18.4. The average Bonchev–Trinajstić information content (AvgIpc) is 2.08. The molecule has 0 spiro atoms. The second kappa shape index (κ2) is 3.17. The molecule has 0 aromatic heterocycles. The van der Waals surface area contributed by atoms with Gasteiger partial charge in [0.05, 0.1) is 15.9 Å². The van der Waals surface area contributed by atoms with E-state index >= 15 is 0 Å². The van der Waals surface area contributed by atoms with Crippen LogP contribution in [0, 0.1) is 26.3 Å². The molecular formula is C6H3N2O6. The lowest BCUT2D eigenvalue weighted by atomic mass is 10.2. The Kier molecular flexibility index (Phi) is 2.19. The summed E-state index contributed by atoms with van der Waals surface area (Å²) in [5.74, 6) is -1.97. The summed E-state index contributed by atoms with van der Waals surface area (Å²) in [6, 6.07) is 2.32. The van der Waals surface area contributed by atoms with Gasteiger partial charge in [0.2, 0.25) is 5.75 Å². The van der Waals surface area contributed by atoms with Crippen LogP contribution in [0.15, 0.2) is 6.07 Å². The first kappa shape index (κ1) is 9.71. The minimum Gasteiger partial charge on any atom is -0.504 e. The Morgan fingerprint density at radius 3 is 2.21 bits per heavy atom. The van der Waals surface area contributed by atoms with Crippen LogP contribution in [0.4, 0.5) is 11.4 Å². The molecule has 0 atom stereocenters. The number of hydrogen-bond donors (Lipinski definition) is 2. The monoisotopic (exact) mass is 199 g/mol. The molecule has 8 nitrogen and oxygen atoms in total. The number of benzene rings is 1. The second-order valence-corrected chi connectivity index (χ2v) is 2.25. The zero-order chi connectivity index (χ0) is 10.9. The third kappa shape index (κ3) is 1.53. The summed E-state index contributed by atoms with van der Waals surface area (Å²) in [6.07, 6.45) is 0. The number of hydrogen-bond acceptors (Lipinski definition) is 6. The minimum atomic E-state index is -1.08. The molecule has 1 aromatic carbocycles. The first-order chi connectivity index (χ1) is 6.43. The van der Waals surface area contributed by atoms with Crippen LogP contribution in [0.3, 0.4) is 0 Å². The number of aromatic hydroxyl groups is 2. The molecule has 0 unspecified atom stereocenters. The summed E-state index contributed by atoms with van der Waals surface area (Å²) in [6.45, 7) is 0. The Bertz CT molecular complexity index is 415. The van der Waals surface area contributed by atoms with Crippen molar-refractivity contribution in [3.8, 4) is 11.5 Å². The van der Waals surface area contributed by atoms with Gasteiger partial charge in [0.1, 0.15) is 0 Å². The molecule has 0 aliphatic carbocycles. The van der Waals surface area contributed by atoms with Gasteiger partial charge >= 0.3 is 5.69 Å². The number of rotatable bonds is 2. The highest BCUT2D eigenvalue weighted by molar-refractivity contribution is 5.59. The van der Waals surface area contributed by atoms with E-state index in [1.807, 2.05) is 0 Å². The number of phenols is 2. The minimum absolute atomic E-state index is 0.572. The third-order valence-corrected chi connectivity index (χ3v) is 1.37. The number of nitro groups is 2. The number of phenolic OH excluding ortho intramolecular Hbond substituents is 2. The molecule has 0 aliphatic rings. The van der Waals surface area contributed by atoms with E-state index in [4.69, 9.17) is 10.2 Å². The van der Waals surface area contributed by atoms with E-state index < -0.39 is 32.7 Å². The van der Waals surface area contributed by atoms with Gasteiger partial charge in [-0.05, 0) is 0 Å². The van der Waals surface area contributed by atoms with Crippen molar-refractivity contribution in [2.45, 2.75) is 0 Å². The molecule has 0 fully saturated rings. The molecule has 73 valence electrons. The average molecular weight is 199 g/mol. The fourth-order valence-corrected chi connectivity index (χ4v) is 0.766. The zero-order valence-corrected chi connectivity index (χ0v) is 6.50. The Balaban J connectivity index is 3.43. The lowest BCUT2D eigenvalue weighted by Gasteiger charge is -1.97. The molecule has 1 radical (unpaired) electrons. The smallest absolute Gasteiger partial charge is 0.329 e.